The normalized spacial score (nSPS) is 14.0. The molecule has 0 aliphatic rings. The first-order valence-corrected chi connectivity index (χ1v) is 9.22. The molecule has 0 saturated heterocycles. The van der Waals surface area contributed by atoms with Crippen LogP contribution in [-0.2, 0) is 0 Å². The maximum atomic E-state index is 5.64. The molecule has 1 atom stereocenters. The summed E-state index contributed by atoms with van der Waals surface area (Å²) >= 11 is 0. The van der Waals surface area contributed by atoms with Crippen LogP contribution in [0.5, 0.6) is 0 Å². The predicted octanol–water partition coefficient (Wildman–Crippen LogP) is 7.02. The number of unbranched alkanes of at least 4 members (excludes halogenated alkanes) is 1. The Balaban J connectivity index is 4.57. The van der Waals surface area contributed by atoms with Gasteiger partial charge in [-0.05, 0) is 50.2 Å². The molecule has 1 heteroatoms. The largest absolute Gasteiger partial charge is 0.403 e. The Kier molecular flexibility index (Phi) is 12.7. The van der Waals surface area contributed by atoms with E-state index in [0.29, 0.717) is 5.92 Å². The minimum atomic E-state index is 0.716. The van der Waals surface area contributed by atoms with Gasteiger partial charge in [-0.1, -0.05) is 88.3 Å². The van der Waals surface area contributed by atoms with Crippen molar-refractivity contribution < 1.29 is 0 Å². The second kappa shape index (κ2) is 13.7. The van der Waals surface area contributed by atoms with Crippen LogP contribution >= 0.6 is 0 Å². The number of hydrogen-bond acceptors (Lipinski definition) is 1. The van der Waals surface area contributed by atoms with Gasteiger partial charge >= 0.3 is 0 Å². The Labute approximate surface area is 150 Å². The Morgan fingerprint density at radius 2 is 1.67 bits per heavy atom. The van der Waals surface area contributed by atoms with Crippen LogP contribution in [0.1, 0.15) is 65.7 Å². The molecule has 0 radical (unpaired) electrons. The molecular weight excluding hydrogens is 290 g/mol. The van der Waals surface area contributed by atoms with Crippen LogP contribution in [0.25, 0.3) is 0 Å². The van der Waals surface area contributed by atoms with Gasteiger partial charge in [0.2, 0.25) is 0 Å². The van der Waals surface area contributed by atoms with Crippen molar-refractivity contribution in [2.24, 2.45) is 11.7 Å². The maximum Gasteiger partial charge on any atom is 0.000744 e. The van der Waals surface area contributed by atoms with Gasteiger partial charge in [0, 0.05) is 5.70 Å². The molecule has 0 rings (SSSR count). The van der Waals surface area contributed by atoms with Crippen molar-refractivity contribution >= 4 is 0 Å². The van der Waals surface area contributed by atoms with Gasteiger partial charge in [0.25, 0.3) is 0 Å². The fraction of sp³-hybridized carbons (Fsp3) is 0.478. The number of nitrogens with two attached hydrogens (primary N) is 1. The highest BCUT2D eigenvalue weighted by Crippen LogP contribution is 2.24. The Bertz CT molecular complexity index is 488. The zero-order valence-corrected chi connectivity index (χ0v) is 16.1. The van der Waals surface area contributed by atoms with Crippen LogP contribution in [0.3, 0.4) is 0 Å². The summed E-state index contributed by atoms with van der Waals surface area (Å²) in [6, 6.07) is 0. The van der Waals surface area contributed by atoms with Crippen LogP contribution in [0, 0.1) is 5.92 Å². The van der Waals surface area contributed by atoms with Crippen LogP contribution in [0.4, 0.5) is 0 Å². The van der Waals surface area contributed by atoms with Gasteiger partial charge in [0.15, 0.2) is 0 Å². The zero-order chi connectivity index (χ0) is 18.4. The lowest BCUT2D eigenvalue weighted by molar-refractivity contribution is 0.424. The summed E-state index contributed by atoms with van der Waals surface area (Å²) in [5.41, 5.74) is 10.0. The van der Waals surface area contributed by atoms with Crippen LogP contribution < -0.4 is 5.73 Å². The summed E-state index contributed by atoms with van der Waals surface area (Å²) in [4.78, 5) is 0. The minimum absolute atomic E-state index is 0.716. The maximum absolute atomic E-state index is 5.64. The third-order valence-electron chi connectivity index (χ3n) is 4.28. The van der Waals surface area contributed by atoms with Crippen molar-refractivity contribution in [1.82, 2.24) is 0 Å². The van der Waals surface area contributed by atoms with Gasteiger partial charge in [-0.3, -0.25) is 0 Å². The van der Waals surface area contributed by atoms with E-state index in [1.165, 1.54) is 36.8 Å². The van der Waals surface area contributed by atoms with Crippen molar-refractivity contribution in [3.63, 3.8) is 0 Å². The first-order chi connectivity index (χ1) is 11.5. The van der Waals surface area contributed by atoms with Crippen molar-refractivity contribution in [2.75, 3.05) is 0 Å². The first-order valence-electron chi connectivity index (χ1n) is 9.22. The van der Waals surface area contributed by atoms with E-state index >= 15 is 0 Å². The average Bonchev–Trinajstić information content (AvgIpc) is 2.55. The molecule has 134 valence electrons. The molecule has 0 bridgehead atoms. The minimum Gasteiger partial charge on any atom is -0.403 e. The number of rotatable bonds is 13. The molecule has 0 heterocycles. The first kappa shape index (κ1) is 22.2. The highest BCUT2D eigenvalue weighted by molar-refractivity contribution is 5.46. The van der Waals surface area contributed by atoms with Crippen LogP contribution in [0.2, 0.25) is 0 Å². The molecule has 0 aromatic carbocycles. The summed E-state index contributed by atoms with van der Waals surface area (Å²) in [6.07, 6.45) is 18.5. The summed E-state index contributed by atoms with van der Waals surface area (Å²) in [5.74, 6) is 0.716. The topological polar surface area (TPSA) is 26.0 Å². The van der Waals surface area contributed by atoms with Crippen molar-refractivity contribution in [3.05, 3.63) is 72.5 Å². The monoisotopic (exact) mass is 327 g/mol. The van der Waals surface area contributed by atoms with Crippen molar-refractivity contribution in [2.45, 2.75) is 65.7 Å². The fourth-order valence-electron chi connectivity index (χ4n) is 2.95. The molecule has 0 unspecified atom stereocenters. The standard InChI is InChI=1S/C23H37N/c1-7-13-21(15-12-11-14-20(6)24)18-19(5)16-17-23(10-4)22(8-2)9-3/h8-10,16-17,21H,2,5-7,11-15,18,24H2,1,3-4H3/b17-16-,22-9+,23-10+/t21-/m0/s1. The molecular formula is C23H37N. The van der Waals surface area contributed by atoms with Gasteiger partial charge in [-0.25, -0.2) is 0 Å². The third kappa shape index (κ3) is 10.1. The molecule has 0 aromatic rings. The van der Waals surface area contributed by atoms with E-state index in [0.717, 1.165) is 30.5 Å². The summed E-state index contributed by atoms with van der Waals surface area (Å²) in [6.45, 7) is 18.3. The lowest BCUT2D eigenvalue weighted by Gasteiger charge is -2.16. The second-order valence-electron chi connectivity index (χ2n) is 6.45. The lowest BCUT2D eigenvalue weighted by atomic mass is 9.90. The molecule has 0 amide bonds. The van der Waals surface area contributed by atoms with E-state index in [-0.39, 0.29) is 0 Å². The van der Waals surface area contributed by atoms with Crippen LogP contribution in [0.15, 0.2) is 72.5 Å². The molecule has 0 aliphatic carbocycles. The summed E-state index contributed by atoms with van der Waals surface area (Å²) in [7, 11) is 0. The molecule has 0 spiro atoms. The van der Waals surface area contributed by atoms with E-state index in [1.54, 1.807) is 0 Å². The Morgan fingerprint density at radius 1 is 1.00 bits per heavy atom. The van der Waals surface area contributed by atoms with Crippen LogP contribution in [-0.4, -0.2) is 0 Å². The average molecular weight is 328 g/mol. The molecule has 0 aromatic heterocycles. The van der Waals surface area contributed by atoms with E-state index in [1.807, 2.05) is 13.0 Å². The fourth-order valence-corrected chi connectivity index (χ4v) is 2.95. The van der Waals surface area contributed by atoms with Gasteiger partial charge in [-0.15, -0.1) is 0 Å². The van der Waals surface area contributed by atoms with Gasteiger partial charge < -0.3 is 5.73 Å². The summed E-state index contributed by atoms with van der Waals surface area (Å²) < 4.78 is 0. The Morgan fingerprint density at radius 3 is 2.17 bits per heavy atom. The number of allylic oxidation sites excluding steroid dienone is 9. The van der Waals surface area contributed by atoms with Crippen molar-refractivity contribution in [1.29, 1.82) is 0 Å². The zero-order valence-electron chi connectivity index (χ0n) is 16.1. The van der Waals surface area contributed by atoms with E-state index in [2.05, 4.69) is 57.9 Å². The molecule has 0 saturated carbocycles. The Hall–Kier alpha value is -1.76. The molecule has 0 aliphatic heterocycles. The molecule has 1 nitrogen and oxygen atoms in total. The van der Waals surface area contributed by atoms with Crippen molar-refractivity contribution in [3.8, 4) is 0 Å². The molecule has 2 N–H and O–H groups in total. The van der Waals surface area contributed by atoms with Gasteiger partial charge in [-0.2, -0.15) is 0 Å². The van der Waals surface area contributed by atoms with E-state index in [9.17, 15) is 0 Å². The SMILES string of the molecule is C=CC(=C\C)/C(/C=C\C(=C)C[C@@H](CCC)CCCCC(=C)N)=C/C. The second-order valence-corrected chi connectivity index (χ2v) is 6.45. The highest BCUT2D eigenvalue weighted by Gasteiger charge is 2.08. The molecule has 0 fully saturated rings. The third-order valence-corrected chi connectivity index (χ3v) is 4.28. The highest BCUT2D eigenvalue weighted by atomic mass is 14.5. The van der Waals surface area contributed by atoms with Gasteiger partial charge in [0.1, 0.15) is 0 Å². The lowest BCUT2D eigenvalue weighted by Crippen LogP contribution is -2.02. The quantitative estimate of drug-likeness (QED) is 0.285. The number of hydrogen-bond donors (Lipinski definition) is 1. The van der Waals surface area contributed by atoms with Gasteiger partial charge in [0.05, 0.1) is 0 Å². The molecule has 24 heavy (non-hydrogen) atoms. The predicted molar refractivity (Wildman–Crippen MR) is 111 cm³/mol. The van der Waals surface area contributed by atoms with E-state index in [4.69, 9.17) is 5.73 Å². The van der Waals surface area contributed by atoms with E-state index < -0.39 is 0 Å². The summed E-state index contributed by atoms with van der Waals surface area (Å²) in [5, 5.41) is 0. The smallest absolute Gasteiger partial charge is 0.000744 e.